The molecule has 2 aliphatic rings. The zero-order chi connectivity index (χ0) is 26.1. The number of rotatable bonds is 8. The topological polar surface area (TPSA) is 91.8 Å². The van der Waals surface area contributed by atoms with E-state index in [0.717, 1.165) is 30.2 Å². The van der Waals surface area contributed by atoms with Crippen molar-refractivity contribution in [2.24, 2.45) is 22.6 Å². The number of anilines is 1. The van der Waals surface area contributed by atoms with E-state index in [-0.39, 0.29) is 24.5 Å². The quantitative estimate of drug-likeness (QED) is 0.486. The standard InChI is InChI=1S/C29H30F2N4O2/c1-35-23-8-3-2-6-21(23)26(22-7-4-5-13-33-22)34-27(29(35)32)28(37)25(18-10-11-18)24(36)12-9-17-14-19(30)16-20(31)15-17/h2-8,13-16,18,24-25,27,29,36H,9-12,32H2,1H3. The maximum atomic E-state index is 14.1. The second-order valence-electron chi connectivity index (χ2n) is 9.91. The van der Waals surface area contributed by atoms with Gasteiger partial charge in [-0.3, -0.25) is 14.8 Å². The number of aliphatic hydroxyl groups excluding tert-OH is 1. The van der Waals surface area contributed by atoms with Gasteiger partial charge in [-0.05, 0) is 67.5 Å². The van der Waals surface area contributed by atoms with Crippen molar-refractivity contribution >= 4 is 17.2 Å². The Morgan fingerprint density at radius 2 is 1.81 bits per heavy atom. The number of aryl methyl sites for hydroxylation is 1. The molecule has 0 bridgehead atoms. The number of ketones is 1. The second kappa shape index (κ2) is 10.5. The highest BCUT2D eigenvalue weighted by molar-refractivity contribution is 6.16. The van der Waals surface area contributed by atoms with Crippen LogP contribution in [0.5, 0.6) is 0 Å². The summed E-state index contributed by atoms with van der Waals surface area (Å²) in [5, 5.41) is 11.2. The fraction of sp³-hybridized carbons (Fsp3) is 0.345. The van der Waals surface area contributed by atoms with Crippen molar-refractivity contribution in [3.8, 4) is 0 Å². The number of hydrogen-bond acceptors (Lipinski definition) is 6. The van der Waals surface area contributed by atoms with Crippen LogP contribution >= 0.6 is 0 Å². The van der Waals surface area contributed by atoms with Gasteiger partial charge >= 0.3 is 0 Å². The molecule has 3 aromatic rings. The number of nitrogens with two attached hydrogens (primary N) is 1. The number of hydrogen-bond donors (Lipinski definition) is 2. The van der Waals surface area contributed by atoms with Gasteiger partial charge in [0.25, 0.3) is 0 Å². The molecule has 6 nitrogen and oxygen atoms in total. The van der Waals surface area contributed by atoms with Gasteiger partial charge in [-0.2, -0.15) is 0 Å². The molecule has 8 heteroatoms. The lowest BCUT2D eigenvalue weighted by molar-refractivity contribution is -0.129. The molecule has 0 amide bonds. The number of carbonyl (C=O) groups excluding carboxylic acids is 1. The number of pyridine rings is 1. The van der Waals surface area contributed by atoms with E-state index in [2.05, 4.69) is 4.98 Å². The van der Waals surface area contributed by atoms with Crippen molar-refractivity contribution in [3.05, 3.63) is 95.3 Å². The summed E-state index contributed by atoms with van der Waals surface area (Å²) in [6.07, 6.45) is 2.05. The third-order valence-corrected chi connectivity index (χ3v) is 7.30. The van der Waals surface area contributed by atoms with E-state index in [4.69, 9.17) is 10.7 Å². The molecule has 1 fully saturated rings. The van der Waals surface area contributed by atoms with Crippen LogP contribution in [-0.2, 0) is 11.2 Å². The Morgan fingerprint density at radius 1 is 1.11 bits per heavy atom. The molecule has 2 aromatic carbocycles. The molecule has 1 aliphatic carbocycles. The van der Waals surface area contributed by atoms with Crippen LogP contribution in [0.15, 0.2) is 71.9 Å². The molecule has 1 aromatic heterocycles. The molecule has 37 heavy (non-hydrogen) atoms. The van der Waals surface area contributed by atoms with Crippen molar-refractivity contribution < 1.29 is 18.7 Å². The van der Waals surface area contributed by atoms with Gasteiger partial charge in [0.05, 0.1) is 17.5 Å². The van der Waals surface area contributed by atoms with Crippen LogP contribution in [0, 0.1) is 23.5 Å². The number of benzene rings is 2. The third-order valence-electron chi connectivity index (χ3n) is 7.30. The van der Waals surface area contributed by atoms with Crippen LogP contribution in [0.3, 0.4) is 0 Å². The fourth-order valence-electron chi connectivity index (χ4n) is 5.22. The number of Topliss-reactive ketones (excluding diaryl/α,β-unsaturated/α-hetero) is 1. The molecule has 3 N–H and O–H groups in total. The molecule has 192 valence electrons. The lowest BCUT2D eigenvalue weighted by atomic mass is 9.84. The van der Waals surface area contributed by atoms with E-state index in [9.17, 15) is 18.7 Å². The minimum atomic E-state index is -0.983. The normalized spacial score (nSPS) is 21.0. The third kappa shape index (κ3) is 5.31. The first-order valence-corrected chi connectivity index (χ1v) is 12.6. The Hall–Kier alpha value is -3.49. The maximum Gasteiger partial charge on any atom is 0.166 e. The number of halogens is 2. The van der Waals surface area contributed by atoms with Crippen LogP contribution in [-0.4, -0.2) is 46.9 Å². The Morgan fingerprint density at radius 3 is 2.49 bits per heavy atom. The largest absolute Gasteiger partial charge is 0.392 e. The SMILES string of the molecule is CN1c2ccccc2C(c2ccccn2)=NC(C(=O)C(C(O)CCc2cc(F)cc(F)c2)C2CC2)C1N. The molecule has 4 unspecified atom stereocenters. The van der Waals surface area contributed by atoms with Crippen LogP contribution in [0.1, 0.15) is 36.1 Å². The first kappa shape index (κ1) is 25.2. The van der Waals surface area contributed by atoms with Crippen molar-refractivity contribution in [1.29, 1.82) is 0 Å². The molecule has 4 atom stereocenters. The Labute approximate surface area is 214 Å². The number of fused-ring (bicyclic) bond motifs is 1. The van der Waals surface area contributed by atoms with Crippen LogP contribution < -0.4 is 10.6 Å². The summed E-state index contributed by atoms with van der Waals surface area (Å²) in [5.74, 6) is -2.19. The predicted octanol–water partition coefficient (Wildman–Crippen LogP) is 3.89. The molecule has 1 saturated carbocycles. The number of benzodiazepines with no additional fused rings is 1. The Kier molecular flexibility index (Phi) is 7.13. The number of para-hydroxylation sites is 1. The van der Waals surface area contributed by atoms with Crippen molar-refractivity contribution in [1.82, 2.24) is 4.98 Å². The lowest BCUT2D eigenvalue weighted by Gasteiger charge is -2.32. The second-order valence-corrected chi connectivity index (χ2v) is 9.91. The van der Waals surface area contributed by atoms with Gasteiger partial charge in [-0.15, -0.1) is 0 Å². The van der Waals surface area contributed by atoms with Crippen molar-refractivity contribution in [2.75, 3.05) is 11.9 Å². The van der Waals surface area contributed by atoms with Gasteiger partial charge in [0.2, 0.25) is 0 Å². The van der Waals surface area contributed by atoms with Crippen LogP contribution in [0.4, 0.5) is 14.5 Å². The molecule has 1 aliphatic heterocycles. The molecular weight excluding hydrogens is 474 g/mol. The number of likely N-dealkylation sites (N-methyl/N-ethyl adjacent to an activating group) is 1. The number of aliphatic imine (C=N–C) groups is 1. The summed E-state index contributed by atoms with van der Waals surface area (Å²) in [7, 11) is 1.84. The zero-order valence-electron chi connectivity index (χ0n) is 20.6. The summed E-state index contributed by atoms with van der Waals surface area (Å²) in [5.41, 5.74) is 9.96. The van der Waals surface area contributed by atoms with E-state index in [0.29, 0.717) is 17.0 Å². The average molecular weight is 505 g/mol. The highest BCUT2D eigenvalue weighted by atomic mass is 19.1. The zero-order valence-corrected chi connectivity index (χ0v) is 20.6. The number of aliphatic hydroxyl groups is 1. The van der Waals surface area contributed by atoms with E-state index < -0.39 is 35.9 Å². The minimum Gasteiger partial charge on any atom is -0.392 e. The first-order valence-electron chi connectivity index (χ1n) is 12.6. The summed E-state index contributed by atoms with van der Waals surface area (Å²) in [6.45, 7) is 0. The van der Waals surface area contributed by atoms with Gasteiger partial charge in [0, 0.05) is 36.5 Å². The molecular formula is C29H30F2N4O2. The van der Waals surface area contributed by atoms with Gasteiger partial charge in [0.1, 0.15) is 23.8 Å². The Balaban J connectivity index is 1.46. The lowest BCUT2D eigenvalue weighted by Crippen LogP contribution is -2.53. The van der Waals surface area contributed by atoms with Crippen LogP contribution in [0.2, 0.25) is 0 Å². The van der Waals surface area contributed by atoms with E-state index in [1.165, 1.54) is 12.1 Å². The number of nitrogens with zero attached hydrogens (tertiary/aromatic N) is 3. The van der Waals surface area contributed by atoms with E-state index in [1.54, 1.807) is 6.20 Å². The van der Waals surface area contributed by atoms with Crippen molar-refractivity contribution in [2.45, 2.75) is 44.0 Å². The van der Waals surface area contributed by atoms with E-state index >= 15 is 0 Å². The summed E-state index contributed by atoms with van der Waals surface area (Å²) in [6, 6.07) is 15.6. The number of aromatic nitrogens is 1. The Bertz CT molecular complexity index is 1290. The fourth-order valence-corrected chi connectivity index (χ4v) is 5.22. The molecule has 2 heterocycles. The van der Waals surface area contributed by atoms with Gasteiger partial charge < -0.3 is 15.7 Å². The summed E-state index contributed by atoms with van der Waals surface area (Å²) in [4.78, 5) is 25.3. The average Bonchev–Trinajstić information content (AvgIpc) is 3.73. The predicted molar refractivity (Wildman–Crippen MR) is 138 cm³/mol. The molecule has 0 radical (unpaired) electrons. The van der Waals surface area contributed by atoms with Crippen LogP contribution in [0.25, 0.3) is 0 Å². The van der Waals surface area contributed by atoms with Gasteiger partial charge in [0.15, 0.2) is 5.78 Å². The highest BCUT2D eigenvalue weighted by Crippen LogP contribution is 2.41. The van der Waals surface area contributed by atoms with E-state index in [1.807, 2.05) is 54.4 Å². The van der Waals surface area contributed by atoms with Crippen molar-refractivity contribution in [3.63, 3.8) is 0 Å². The van der Waals surface area contributed by atoms with Gasteiger partial charge in [-0.1, -0.05) is 24.3 Å². The minimum absolute atomic E-state index is 0.0309. The summed E-state index contributed by atoms with van der Waals surface area (Å²) < 4.78 is 27.3. The first-order chi connectivity index (χ1) is 17.8. The smallest absolute Gasteiger partial charge is 0.166 e. The molecule has 0 spiro atoms. The van der Waals surface area contributed by atoms with Gasteiger partial charge in [-0.25, -0.2) is 8.78 Å². The highest BCUT2D eigenvalue weighted by Gasteiger charge is 2.46. The molecule has 5 rings (SSSR count). The monoisotopic (exact) mass is 504 g/mol. The summed E-state index contributed by atoms with van der Waals surface area (Å²) >= 11 is 0. The molecule has 0 saturated heterocycles. The maximum absolute atomic E-state index is 14.1. The number of carbonyl (C=O) groups is 1.